The molecule has 3 amide bonds. The number of imide groups is 1. The molecule has 3 heterocycles. The molecule has 3 aliphatic heterocycles. The van der Waals surface area contributed by atoms with E-state index in [9.17, 15) is 19.0 Å². The van der Waals surface area contributed by atoms with Gasteiger partial charge in [-0.2, -0.15) is 4.48 Å². The summed E-state index contributed by atoms with van der Waals surface area (Å²) in [5, 5.41) is 2.24. The summed E-state index contributed by atoms with van der Waals surface area (Å²) < 4.78 is 33.8. The van der Waals surface area contributed by atoms with Crippen molar-refractivity contribution in [3.05, 3.63) is 11.8 Å². The average Bonchev–Trinajstić information content (AvgIpc) is 3.07. The van der Waals surface area contributed by atoms with E-state index >= 15 is 0 Å². The van der Waals surface area contributed by atoms with Crippen molar-refractivity contribution in [2.24, 2.45) is 5.73 Å². The minimum atomic E-state index is -3.89. The number of rotatable bonds is 5. The van der Waals surface area contributed by atoms with E-state index in [-0.39, 0.29) is 25.3 Å². The van der Waals surface area contributed by atoms with Gasteiger partial charge in [-0.15, -0.1) is 0 Å². The van der Waals surface area contributed by atoms with E-state index in [1.165, 1.54) is 20.4 Å². The third-order valence-corrected chi connectivity index (χ3v) is 5.44. The second kappa shape index (κ2) is 7.33. The van der Waals surface area contributed by atoms with E-state index in [1.807, 2.05) is 0 Å². The van der Waals surface area contributed by atoms with Gasteiger partial charge in [0.25, 0.3) is 5.91 Å². The fraction of sp³-hybridized carbons (Fsp3) is 0.625. The lowest BCUT2D eigenvalue weighted by Crippen LogP contribution is -2.65. The Morgan fingerprint density at radius 1 is 1.54 bits per heavy atom. The number of hydrogen-bond donors (Lipinski definition) is 3. The van der Waals surface area contributed by atoms with Gasteiger partial charge in [0, 0.05) is 13.8 Å². The van der Waals surface area contributed by atoms with Crippen LogP contribution in [-0.4, -0.2) is 85.9 Å². The Hall–Kier alpha value is -1.61. The summed E-state index contributed by atoms with van der Waals surface area (Å²) in [4.78, 5) is 34.4. The number of nitrogens with two attached hydrogens (primary N) is 1. The molecule has 0 aliphatic carbocycles. The van der Waals surface area contributed by atoms with Crippen LogP contribution >= 0.6 is 7.60 Å². The minimum Gasteiger partial charge on any atom is -0.381 e. The fourth-order valence-corrected chi connectivity index (χ4v) is 4.36. The molecule has 2 saturated heterocycles. The van der Waals surface area contributed by atoms with Gasteiger partial charge >= 0.3 is 13.6 Å². The zero-order chi connectivity index (χ0) is 20.7. The number of carbonyl (C=O) groups excluding carboxylic acids is 2. The van der Waals surface area contributed by atoms with Crippen molar-refractivity contribution in [2.45, 2.75) is 24.0 Å². The molecular formula is C16H23N3O8P+. The SMILES string of the molecule is COC[C@]12CO[C@@H](C1OP(C)(=O)O)[C@H]([N+]1(C)C=C(C#CCN)C(=O)NC1=O)O2. The number of urea groups is 1. The van der Waals surface area contributed by atoms with Gasteiger partial charge in [-0.1, -0.05) is 11.8 Å². The number of hydrogen-bond acceptors (Lipinski definition) is 8. The highest BCUT2D eigenvalue weighted by Gasteiger charge is 2.70. The molecule has 3 aliphatic rings. The highest BCUT2D eigenvalue weighted by molar-refractivity contribution is 7.51. The third-order valence-electron chi connectivity index (χ3n) is 4.83. The molecule has 2 fully saturated rings. The highest BCUT2D eigenvalue weighted by Crippen LogP contribution is 2.51. The van der Waals surface area contributed by atoms with Crippen molar-refractivity contribution in [2.75, 3.05) is 40.6 Å². The number of amides is 3. The number of ether oxygens (including phenoxy) is 3. The van der Waals surface area contributed by atoms with Crippen LogP contribution in [-0.2, 0) is 28.1 Å². The molecule has 0 aromatic heterocycles. The van der Waals surface area contributed by atoms with Crippen LogP contribution in [0.2, 0.25) is 0 Å². The quantitative estimate of drug-likeness (QED) is 0.288. The largest absolute Gasteiger partial charge is 0.430 e. The number of carbonyl (C=O) groups is 2. The molecule has 0 spiro atoms. The van der Waals surface area contributed by atoms with Gasteiger partial charge in [0.15, 0.2) is 11.7 Å². The first-order chi connectivity index (χ1) is 13.1. The summed E-state index contributed by atoms with van der Waals surface area (Å²) >= 11 is 0. The van der Waals surface area contributed by atoms with Gasteiger partial charge in [0.2, 0.25) is 6.23 Å². The molecule has 0 radical (unpaired) electrons. The number of fused-ring (bicyclic) bond motifs is 2. The molecule has 12 heteroatoms. The fourth-order valence-electron chi connectivity index (χ4n) is 3.62. The van der Waals surface area contributed by atoms with Crippen LogP contribution < -0.4 is 11.1 Å². The van der Waals surface area contributed by atoms with Gasteiger partial charge in [0.1, 0.15) is 17.9 Å². The van der Waals surface area contributed by atoms with Crippen molar-refractivity contribution in [1.29, 1.82) is 0 Å². The summed E-state index contributed by atoms with van der Waals surface area (Å²) in [6.45, 7) is 1.19. The number of nitrogens with zero attached hydrogens (tertiary/aromatic N) is 1. The van der Waals surface area contributed by atoms with Gasteiger partial charge in [-0.25, -0.2) is 10.1 Å². The normalized spacial score (nSPS) is 39.0. The molecule has 4 N–H and O–H groups in total. The minimum absolute atomic E-state index is 0.0226. The summed E-state index contributed by atoms with van der Waals surface area (Å²) in [6, 6.07) is -0.653. The van der Waals surface area contributed by atoms with Gasteiger partial charge in [0.05, 0.1) is 26.8 Å². The molecular weight excluding hydrogens is 393 g/mol. The van der Waals surface area contributed by atoms with Crippen molar-refractivity contribution < 1.29 is 42.3 Å². The van der Waals surface area contributed by atoms with E-state index in [0.717, 1.165) is 6.66 Å². The predicted molar refractivity (Wildman–Crippen MR) is 94.5 cm³/mol. The van der Waals surface area contributed by atoms with E-state index in [4.69, 9.17) is 24.5 Å². The lowest BCUT2D eigenvalue weighted by molar-refractivity contribution is -0.840. The molecule has 6 atom stereocenters. The predicted octanol–water partition coefficient (Wildman–Crippen LogP) is -1.13. The first-order valence-corrected chi connectivity index (χ1v) is 10.5. The number of methoxy groups -OCH3 is 1. The molecule has 11 nitrogen and oxygen atoms in total. The second-order valence-corrected chi connectivity index (χ2v) is 8.88. The number of quaternary nitrogens is 1. The molecule has 0 saturated carbocycles. The van der Waals surface area contributed by atoms with Crippen molar-refractivity contribution >= 4 is 19.5 Å². The highest BCUT2D eigenvalue weighted by atomic mass is 31.2. The Morgan fingerprint density at radius 2 is 2.25 bits per heavy atom. The first-order valence-electron chi connectivity index (χ1n) is 8.47. The van der Waals surface area contributed by atoms with Crippen LogP contribution in [0.4, 0.5) is 4.79 Å². The van der Waals surface area contributed by atoms with Gasteiger partial charge < -0.3 is 24.8 Å². The van der Waals surface area contributed by atoms with Crippen molar-refractivity contribution in [3.63, 3.8) is 0 Å². The summed E-state index contributed by atoms with van der Waals surface area (Å²) in [5.74, 6) is 4.56. The van der Waals surface area contributed by atoms with Crippen molar-refractivity contribution in [1.82, 2.24) is 5.32 Å². The summed E-state index contributed by atoms with van der Waals surface area (Å²) in [6.07, 6.45) is -1.38. The third kappa shape index (κ3) is 3.54. The van der Waals surface area contributed by atoms with Gasteiger partial charge in [-0.05, 0) is 0 Å². The Kier molecular flexibility index (Phi) is 5.53. The van der Waals surface area contributed by atoms with Crippen LogP contribution in [0, 0.1) is 11.8 Å². The molecule has 3 rings (SSSR count). The maximum absolute atomic E-state index is 12.7. The Bertz CT molecular complexity index is 829. The smallest absolute Gasteiger partial charge is 0.381 e. The topological polar surface area (TPSA) is 146 Å². The lowest BCUT2D eigenvalue weighted by Gasteiger charge is -2.39. The van der Waals surface area contributed by atoms with Crippen LogP contribution in [0.1, 0.15) is 0 Å². The van der Waals surface area contributed by atoms with Crippen LogP contribution in [0.5, 0.6) is 0 Å². The van der Waals surface area contributed by atoms with E-state index in [0.29, 0.717) is 0 Å². The summed E-state index contributed by atoms with van der Waals surface area (Å²) in [7, 11) is -0.921. The molecule has 154 valence electrons. The molecule has 0 aromatic rings. The maximum atomic E-state index is 12.7. The molecule has 0 aromatic carbocycles. The summed E-state index contributed by atoms with van der Waals surface area (Å²) in [5.41, 5.74) is 4.24. The lowest BCUT2D eigenvalue weighted by atomic mass is 10.00. The number of nitrogens with one attached hydrogen (secondary N) is 1. The molecule has 28 heavy (non-hydrogen) atoms. The standard InChI is InChI=1S/C16H22N3O8P/c1-19(7-10(5-4-6-17)13(20)18-15(19)21)14-11-12(27-28(3,22)23)16(26-14,8-24-2)9-25-11/h7,11-12,14H,6,8-9,17H2,1-3H3,(H-,18,20,21,22,23)/p+1/t11-,12?,14+,16-,19?/m0/s1. The first kappa shape index (κ1) is 21.1. The Labute approximate surface area is 161 Å². The second-order valence-electron chi connectivity index (χ2n) is 7.07. The zero-order valence-electron chi connectivity index (χ0n) is 15.7. The van der Waals surface area contributed by atoms with Crippen molar-refractivity contribution in [3.8, 4) is 11.8 Å². The van der Waals surface area contributed by atoms with Crippen LogP contribution in [0.25, 0.3) is 0 Å². The van der Waals surface area contributed by atoms with Crippen LogP contribution in [0.15, 0.2) is 11.8 Å². The molecule has 3 unspecified atom stereocenters. The monoisotopic (exact) mass is 416 g/mol. The average molecular weight is 416 g/mol. The van der Waals surface area contributed by atoms with Gasteiger partial charge in [-0.3, -0.25) is 13.9 Å². The Morgan fingerprint density at radius 3 is 2.86 bits per heavy atom. The zero-order valence-corrected chi connectivity index (χ0v) is 16.6. The van der Waals surface area contributed by atoms with E-state index < -0.39 is 48.1 Å². The van der Waals surface area contributed by atoms with Crippen LogP contribution in [0.3, 0.4) is 0 Å². The number of likely N-dealkylation sites (N-methyl/N-ethyl adjacent to an activating group) is 1. The maximum Gasteiger partial charge on any atom is 0.430 e. The Balaban J connectivity index is 2.01. The molecule has 2 bridgehead atoms. The van der Waals surface area contributed by atoms with E-state index in [1.54, 1.807) is 0 Å². The van der Waals surface area contributed by atoms with E-state index in [2.05, 4.69) is 17.2 Å².